The molecule has 4 nitrogen and oxygen atoms in total. The highest BCUT2D eigenvalue weighted by Gasteiger charge is 2.38. The molecule has 2 aliphatic rings. The molecule has 24 heavy (non-hydrogen) atoms. The Morgan fingerprint density at radius 3 is 2.67 bits per heavy atom. The number of carbonyl (C=O) groups excluding carboxylic acids is 1. The Balaban J connectivity index is 1.65. The van der Waals surface area contributed by atoms with E-state index in [9.17, 15) is 4.79 Å². The van der Waals surface area contributed by atoms with Crippen molar-refractivity contribution in [1.29, 1.82) is 0 Å². The number of hydrogen-bond acceptors (Lipinski definition) is 3. The number of nitrogens with zero attached hydrogens (tertiary/aromatic N) is 2. The summed E-state index contributed by atoms with van der Waals surface area (Å²) in [5, 5.41) is 0. The van der Waals surface area contributed by atoms with Gasteiger partial charge in [0, 0.05) is 19.6 Å². The van der Waals surface area contributed by atoms with Gasteiger partial charge in [0.1, 0.15) is 6.61 Å². The molecule has 0 spiro atoms. The summed E-state index contributed by atoms with van der Waals surface area (Å²) in [4.78, 5) is 17.1. The molecule has 0 saturated carbocycles. The zero-order valence-corrected chi connectivity index (χ0v) is 15.0. The first-order valence-electron chi connectivity index (χ1n) is 9.31. The average molecular weight is 330 g/mol. The third-order valence-corrected chi connectivity index (χ3v) is 5.26. The van der Waals surface area contributed by atoms with Crippen LogP contribution in [0.2, 0.25) is 0 Å². The number of amides is 1. The monoisotopic (exact) mass is 330 g/mol. The third kappa shape index (κ3) is 4.37. The van der Waals surface area contributed by atoms with Gasteiger partial charge in [0.25, 0.3) is 0 Å². The van der Waals surface area contributed by atoms with Crippen LogP contribution in [0.1, 0.15) is 38.7 Å². The molecule has 4 heteroatoms. The topological polar surface area (TPSA) is 32.8 Å². The summed E-state index contributed by atoms with van der Waals surface area (Å²) in [6.07, 6.45) is 3.47. The predicted octanol–water partition coefficient (Wildman–Crippen LogP) is 2.92. The fraction of sp³-hybridized carbons (Fsp3) is 0.650. The highest BCUT2D eigenvalue weighted by Crippen LogP contribution is 2.26. The van der Waals surface area contributed by atoms with E-state index in [0.717, 1.165) is 38.4 Å². The first-order chi connectivity index (χ1) is 11.6. The molecule has 2 heterocycles. The molecular weight excluding hydrogens is 300 g/mol. The van der Waals surface area contributed by atoms with E-state index in [-0.39, 0.29) is 24.7 Å². The lowest BCUT2D eigenvalue weighted by Crippen LogP contribution is -2.53. The number of likely N-dealkylation sites (tertiary alicyclic amines) is 1. The molecule has 3 rings (SSSR count). The van der Waals surface area contributed by atoms with Gasteiger partial charge < -0.3 is 14.5 Å². The Kier molecular flexibility index (Phi) is 5.90. The molecule has 0 bridgehead atoms. The maximum atomic E-state index is 12.4. The first kappa shape index (κ1) is 17.4. The highest BCUT2D eigenvalue weighted by molar-refractivity contribution is 5.78. The van der Waals surface area contributed by atoms with Crippen molar-refractivity contribution in [2.24, 2.45) is 5.92 Å². The van der Waals surface area contributed by atoms with Crippen molar-refractivity contribution in [3.63, 3.8) is 0 Å². The molecule has 0 unspecified atom stereocenters. The van der Waals surface area contributed by atoms with Crippen molar-refractivity contribution in [3.8, 4) is 0 Å². The molecule has 1 aromatic carbocycles. The second kappa shape index (κ2) is 8.13. The molecule has 0 aromatic heterocycles. The van der Waals surface area contributed by atoms with E-state index in [4.69, 9.17) is 4.74 Å². The summed E-state index contributed by atoms with van der Waals surface area (Å²) in [5.41, 5.74) is 1.20. The van der Waals surface area contributed by atoms with E-state index in [2.05, 4.69) is 35.8 Å². The normalized spacial score (nSPS) is 25.6. The van der Waals surface area contributed by atoms with Crippen molar-refractivity contribution < 1.29 is 9.53 Å². The van der Waals surface area contributed by atoms with Crippen LogP contribution in [0.5, 0.6) is 0 Å². The fourth-order valence-electron chi connectivity index (χ4n) is 3.76. The molecule has 2 saturated heterocycles. The van der Waals surface area contributed by atoms with Gasteiger partial charge in [0.2, 0.25) is 5.91 Å². The summed E-state index contributed by atoms with van der Waals surface area (Å²) < 4.78 is 5.90. The number of benzene rings is 1. The second-order valence-corrected chi connectivity index (χ2v) is 7.53. The smallest absolute Gasteiger partial charge is 0.249 e. The lowest BCUT2D eigenvalue weighted by atomic mass is 10.0. The van der Waals surface area contributed by atoms with Crippen LogP contribution in [0.4, 0.5) is 0 Å². The molecule has 1 aromatic rings. The maximum absolute atomic E-state index is 12.4. The Morgan fingerprint density at radius 1 is 1.17 bits per heavy atom. The van der Waals surface area contributed by atoms with Gasteiger partial charge in [-0.05, 0) is 37.3 Å². The van der Waals surface area contributed by atoms with Crippen LogP contribution in [0, 0.1) is 5.92 Å². The number of morpholine rings is 1. The maximum Gasteiger partial charge on any atom is 0.249 e. The molecule has 1 amide bonds. The van der Waals surface area contributed by atoms with E-state index in [1.807, 2.05) is 18.2 Å². The summed E-state index contributed by atoms with van der Waals surface area (Å²) >= 11 is 0. The number of rotatable bonds is 5. The number of ether oxygens (including phenoxy) is 1. The molecule has 0 N–H and O–H groups in total. The lowest BCUT2D eigenvalue weighted by Gasteiger charge is -2.40. The number of fused-ring (bicyclic) bond motifs is 1. The van der Waals surface area contributed by atoms with Gasteiger partial charge in [0.15, 0.2) is 0 Å². The van der Waals surface area contributed by atoms with Crippen molar-refractivity contribution in [3.05, 3.63) is 35.9 Å². The minimum absolute atomic E-state index is 0.135. The van der Waals surface area contributed by atoms with Crippen molar-refractivity contribution >= 4 is 5.91 Å². The summed E-state index contributed by atoms with van der Waals surface area (Å²) in [5.74, 6) is 0.874. The summed E-state index contributed by atoms with van der Waals surface area (Å²) in [6.45, 7) is 8.80. The lowest BCUT2D eigenvalue weighted by molar-refractivity contribution is -0.158. The highest BCUT2D eigenvalue weighted by atomic mass is 16.5. The zero-order chi connectivity index (χ0) is 16.9. The van der Waals surface area contributed by atoms with E-state index in [1.54, 1.807) is 0 Å². The van der Waals surface area contributed by atoms with E-state index in [0.29, 0.717) is 6.54 Å². The van der Waals surface area contributed by atoms with Gasteiger partial charge >= 0.3 is 0 Å². The van der Waals surface area contributed by atoms with Gasteiger partial charge in [-0.15, -0.1) is 0 Å². The quantitative estimate of drug-likeness (QED) is 0.832. The minimum Gasteiger partial charge on any atom is -0.366 e. The van der Waals surface area contributed by atoms with E-state index >= 15 is 0 Å². The average Bonchev–Trinajstić information content (AvgIpc) is 2.79. The zero-order valence-electron chi connectivity index (χ0n) is 15.0. The molecular formula is C20H30N2O2. The first-order valence-corrected chi connectivity index (χ1v) is 9.31. The minimum atomic E-state index is 0.135. The van der Waals surface area contributed by atoms with Gasteiger partial charge in [-0.3, -0.25) is 4.79 Å². The largest absolute Gasteiger partial charge is 0.366 e. The Bertz CT molecular complexity index is 532. The molecule has 0 aliphatic carbocycles. The molecule has 2 fully saturated rings. The Hall–Kier alpha value is -1.39. The third-order valence-electron chi connectivity index (χ3n) is 5.26. The van der Waals surface area contributed by atoms with E-state index in [1.165, 1.54) is 12.0 Å². The summed E-state index contributed by atoms with van der Waals surface area (Å²) in [6, 6.07) is 10.5. The van der Waals surface area contributed by atoms with Crippen LogP contribution in [0.25, 0.3) is 0 Å². The van der Waals surface area contributed by atoms with Crippen molar-refractivity contribution in [2.75, 3.05) is 26.2 Å². The number of carbonyl (C=O) groups is 1. The SMILES string of the molecule is CC(C)CCN1CC[C@@H]2OCC(=O)N(Cc3ccccc3)[C@H]2CC1. The van der Waals surface area contributed by atoms with Crippen LogP contribution in [-0.2, 0) is 16.1 Å². The van der Waals surface area contributed by atoms with Crippen LogP contribution in [0.3, 0.4) is 0 Å². The van der Waals surface area contributed by atoms with Gasteiger partial charge in [0.05, 0.1) is 12.1 Å². The molecule has 2 atom stereocenters. The summed E-state index contributed by atoms with van der Waals surface area (Å²) in [7, 11) is 0. The van der Waals surface area contributed by atoms with Gasteiger partial charge in [-0.1, -0.05) is 44.2 Å². The fourth-order valence-corrected chi connectivity index (χ4v) is 3.76. The molecule has 2 aliphatic heterocycles. The van der Waals surface area contributed by atoms with Crippen molar-refractivity contribution in [1.82, 2.24) is 9.80 Å². The van der Waals surface area contributed by atoms with E-state index < -0.39 is 0 Å². The van der Waals surface area contributed by atoms with Gasteiger partial charge in [-0.25, -0.2) is 0 Å². The second-order valence-electron chi connectivity index (χ2n) is 7.53. The Morgan fingerprint density at radius 2 is 1.92 bits per heavy atom. The van der Waals surface area contributed by atoms with Crippen LogP contribution >= 0.6 is 0 Å². The molecule has 0 radical (unpaired) electrons. The predicted molar refractivity (Wildman–Crippen MR) is 95.6 cm³/mol. The van der Waals surface area contributed by atoms with Crippen LogP contribution < -0.4 is 0 Å². The van der Waals surface area contributed by atoms with Crippen molar-refractivity contribution in [2.45, 2.75) is 51.8 Å². The standard InChI is InChI=1S/C20H30N2O2/c1-16(2)8-11-21-12-9-18-19(10-13-21)24-15-20(23)22(18)14-17-6-4-3-5-7-17/h3-7,16,18-19H,8-15H2,1-2H3/t18-,19-/m0/s1. The number of hydrogen-bond donors (Lipinski definition) is 0. The Labute approximate surface area is 145 Å². The van der Waals surface area contributed by atoms with Gasteiger partial charge in [-0.2, -0.15) is 0 Å². The van der Waals surface area contributed by atoms with Crippen LogP contribution in [0.15, 0.2) is 30.3 Å². The molecule has 132 valence electrons. The van der Waals surface area contributed by atoms with Crippen LogP contribution in [-0.4, -0.2) is 54.1 Å².